The van der Waals surface area contributed by atoms with Gasteiger partial charge in [0.05, 0.1) is 16.5 Å². The van der Waals surface area contributed by atoms with Crippen molar-refractivity contribution in [1.82, 2.24) is 9.88 Å². The molecule has 0 unspecified atom stereocenters. The molecule has 128 valence electrons. The fraction of sp³-hybridized carbons (Fsp3) is 0.111. The highest BCUT2D eigenvalue weighted by molar-refractivity contribution is 6.09. The van der Waals surface area contributed by atoms with Crippen molar-refractivity contribution in [2.45, 2.75) is 6.54 Å². The zero-order valence-corrected chi connectivity index (χ0v) is 13.1. The number of aromatic nitrogens is 1. The maximum atomic E-state index is 13.1. The predicted molar refractivity (Wildman–Crippen MR) is 89.1 cm³/mol. The van der Waals surface area contributed by atoms with E-state index in [2.05, 4.69) is 5.32 Å². The SMILES string of the molecule is O=C(O)CNC(=O)c1cn(Cc2ccc(F)cc2)c2cccc(O)c12. The summed E-state index contributed by atoms with van der Waals surface area (Å²) in [5, 5.41) is 21.5. The van der Waals surface area contributed by atoms with Crippen molar-refractivity contribution in [1.29, 1.82) is 0 Å². The van der Waals surface area contributed by atoms with Gasteiger partial charge in [-0.2, -0.15) is 0 Å². The summed E-state index contributed by atoms with van der Waals surface area (Å²) in [6.45, 7) is -0.149. The van der Waals surface area contributed by atoms with Crippen molar-refractivity contribution in [2.75, 3.05) is 6.54 Å². The number of hydrogen-bond acceptors (Lipinski definition) is 3. The monoisotopic (exact) mass is 342 g/mol. The van der Waals surface area contributed by atoms with Crippen LogP contribution in [-0.2, 0) is 11.3 Å². The van der Waals surface area contributed by atoms with E-state index in [1.165, 1.54) is 18.2 Å². The average Bonchev–Trinajstić information content (AvgIpc) is 2.95. The molecule has 3 rings (SSSR count). The first kappa shape index (κ1) is 16.5. The Labute approximate surface area is 142 Å². The third kappa shape index (κ3) is 3.45. The number of nitrogens with zero attached hydrogens (tertiary/aromatic N) is 1. The Balaban J connectivity index is 2.01. The second-order valence-corrected chi connectivity index (χ2v) is 5.54. The van der Waals surface area contributed by atoms with E-state index in [-0.39, 0.29) is 17.1 Å². The topological polar surface area (TPSA) is 91.6 Å². The molecule has 1 heterocycles. The number of carbonyl (C=O) groups excluding carboxylic acids is 1. The zero-order valence-electron chi connectivity index (χ0n) is 13.1. The molecule has 3 aromatic rings. The Hall–Kier alpha value is -3.35. The number of fused-ring (bicyclic) bond motifs is 1. The lowest BCUT2D eigenvalue weighted by atomic mass is 10.1. The molecule has 0 spiro atoms. The van der Waals surface area contributed by atoms with Gasteiger partial charge in [-0.3, -0.25) is 9.59 Å². The van der Waals surface area contributed by atoms with E-state index >= 15 is 0 Å². The first-order valence-electron chi connectivity index (χ1n) is 7.51. The molecule has 1 amide bonds. The van der Waals surface area contributed by atoms with Crippen molar-refractivity contribution in [3.63, 3.8) is 0 Å². The normalized spacial score (nSPS) is 10.8. The Bertz CT molecular complexity index is 948. The second-order valence-electron chi connectivity index (χ2n) is 5.54. The van der Waals surface area contributed by atoms with Crippen LogP contribution >= 0.6 is 0 Å². The van der Waals surface area contributed by atoms with E-state index in [4.69, 9.17) is 5.11 Å². The summed E-state index contributed by atoms with van der Waals surface area (Å²) >= 11 is 0. The van der Waals surface area contributed by atoms with Gasteiger partial charge in [-0.15, -0.1) is 0 Å². The van der Waals surface area contributed by atoms with Gasteiger partial charge in [0.25, 0.3) is 5.91 Å². The van der Waals surface area contributed by atoms with Gasteiger partial charge in [-0.1, -0.05) is 18.2 Å². The van der Waals surface area contributed by atoms with Crippen LogP contribution in [0.2, 0.25) is 0 Å². The van der Waals surface area contributed by atoms with Gasteiger partial charge >= 0.3 is 5.97 Å². The van der Waals surface area contributed by atoms with Crippen molar-refractivity contribution < 1.29 is 24.2 Å². The molecule has 2 aromatic carbocycles. The summed E-state index contributed by atoms with van der Waals surface area (Å²) in [7, 11) is 0. The van der Waals surface area contributed by atoms with Gasteiger partial charge < -0.3 is 20.1 Å². The van der Waals surface area contributed by atoms with Crippen molar-refractivity contribution in [2.24, 2.45) is 0 Å². The Morgan fingerprint density at radius 2 is 1.84 bits per heavy atom. The zero-order chi connectivity index (χ0) is 18.0. The highest BCUT2D eigenvalue weighted by Gasteiger charge is 2.18. The smallest absolute Gasteiger partial charge is 0.322 e. The lowest BCUT2D eigenvalue weighted by molar-refractivity contribution is -0.135. The van der Waals surface area contributed by atoms with Gasteiger partial charge in [0.1, 0.15) is 18.1 Å². The molecule has 0 fully saturated rings. The van der Waals surface area contributed by atoms with Crippen LogP contribution in [0.25, 0.3) is 10.9 Å². The number of aliphatic carboxylic acids is 1. The quantitative estimate of drug-likeness (QED) is 0.664. The second kappa shape index (κ2) is 6.64. The number of amides is 1. The van der Waals surface area contributed by atoms with Gasteiger partial charge in [0.15, 0.2) is 0 Å². The van der Waals surface area contributed by atoms with E-state index < -0.39 is 18.4 Å². The van der Waals surface area contributed by atoms with Crippen LogP contribution in [0.3, 0.4) is 0 Å². The van der Waals surface area contributed by atoms with Crippen LogP contribution in [0, 0.1) is 5.82 Å². The van der Waals surface area contributed by atoms with Crippen LogP contribution in [0.5, 0.6) is 5.75 Å². The van der Waals surface area contributed by atoms with Crippen molar-refractivity contribution >= 4 is 22.8 Å². The first-order valence-corrected chi connectivity index (χ1v) is 7.51. The number of carboxylic acids is 1. The Morgan fingerprint density at radius 3 is 2.52 bits per heavy atom. The highest BCUT2D eigenvalue weighted by atomic mass is 19.1. The summed E-state index contributed by atoms with van der Waals surface area (Å²) in [6.07, 6.45) is 1.55. The number of benzene rings is 2. The Morgan fingerprint density at radius 1 is 1.12 bits per heavy atom. The molecule has 25 heavy (non-hydrogen) atoms. The van der Waals surface area contributed by atoms with E-state index in [0.717, 1.165) is 5.56 Å². The number of aromatic hydroxyl groups is 1. The molecule has 0 radical (unpaired) electrons. The van der Waals surface area contributed by atoms with Gasteiger partial charge in [0.2, 0.25) is 0 Å². The maximum absolute atomic E-state index is 13.1. The molecule has 7 heteroatoms. The summed E-state index contributed by atoms with van der Waals surface area (Å²) in [6, 6.07) is 10.8. The van der Waals surface area contributed by atoms with Gasteiger partial charge in [-0.25, -0.2) is 4.39 Å². The van der Waals surface area contributed by atoms with Crippen molar-refractivity contribution in [3.05, 3.63) is 65.6 Å². The van der Waals surface area contributed by atoms with Crippen LogP contribution < -0.4 is 5.32 Å². The number of carboxylic acid groups (broad SMARTS) is 1. The maximum Gasteiger partial charge on any atom is 0.322 e. The fourth-order valence-electron chi connectivity index (χ4n) is 2.67. The molecule has 3 N–H and O–H groups in total. The minimum absolute atomic E-state index is 0.0733. The van der Waals surface area contributed by atoms with Crippen LogP contribution in [-0.4, -0.2) is 33.2 Å². The molecule has 0 saturated carbocycles. The molecule has 0 aliphatic rings. The molecule has 0 saturated heterocycles. The largest absolute Gasteiger partial charge is 0.507 e. The number of phenols is 1. The summed E-state index contributed by atoms with van der Waals surface area (Å²) < 4.78 is 14.8. The van der Waals surface area contributed by atoms with Crippen LogP contribution in [0.1, 0.15) is 15.9 Å². The number of rotatable bonds is 5. The molecule has 0 aliphatic carbocycles. The highest BCUT2D eigenvalue weighted by Crippen LogP contribution is 2.30. The van der Waals surface area contributed by atoms with E-state index in [9.17, 15) is 19.1 Å². The van der Waals surface area contributed by atoms with Gasteiger partial charge in [0, 0.05) is 12.7 Å². The van der Waals surface area contributed by atoms with E-state index in [1.807, 2.05) is 0 Å². The third-order valence-electron chi connectivity index (χ3n) is 3.80. The van der Waals surface area contributed by atoms with E-state index in [0.29, 0.717) is 17.4 Å². The Kier molecular flexibility index (Phi) is 4.38. The fourth-order valence-corrected chi connectivity index (χ4v) is 2.67. The molecule has 0 bridgehead atoms. The predicted octanol–water partition coefficient (Wildman–Crippen LogP) is 2.35. The van der Waals surface area contributed by atoms with Crippen LogP contribution in [0.4, 0.5) is 4.39 Å². The summed E-state index contributed by atoms with van der Waals surface area (Å²) in [4.78, 5) is 22.9. The molecule has 1 aromatic heterocycles. The number of nitrogens with one attached hydrogen (secondary N) is 1. The lowest BCUT2D eigenvalue weighted by Crippen LogP contribution is -2.29. The number of halogens is 1. The first-order chi connectivity index (χ1) is 12.0. The van der Waals surface area contributed by atoms with E-state index in [1.54, 1.807) is 35.0 Å². The lowest BCUT2D eigenvalue weighted by Gasteiger charge is -2.05. The van der Waals surface area contributed by atoms with Crippen LogP contribution in [0.15, 0.2) is 48.7 Å². The summed E-state index contributed by atoms with van der Waals surface area (Å²) in [5.74, 6) is -2.16. The average molecular weight is 342 g/mol. The number of hydrogen-bond donors (Lipinski definition) is 3. The standard InChI is InChI=1S/C18H15FN2O4/c19-12-6-4-11(5-7-12)9-21-10-13(18(25)20-8-16(23)24)17-14(21)2-1-3-15(17)22/h1-7,10,22H,8-9H2,(H,20,25)(H,23,24). The van der Waals surface area contributed by atoms with Crippen molar-refractivity contribution in [3.8, 4) is 5.75 Å². The number of phenolic OH excluding ortho intramolecular Hbond substituents is 1. The molecular weight excluding hydrogens is 327 g/mol. The molecular formula is C18H15FN2O4. The number of carbonyl (C=O) groups is 2. The molecule has 6 nitrogen and oxygen atoms in total. The molecule has 0 atom stereocenters. The third-order valence-corrected chi connectivity index (χ3v) is 3.80. The van der Waals surface area contributed by atoms with Gasteiger partial charge in [-0.05, 0) is 29.8 Å². The summed E-state index contributed by atoms with van der Waals surface area (Å²) in [5.41, 5.74) is 1.61. The minimum Gasteiger partial charge on any atom is -0.507 e. The molecule has 0 aliphatic heterocycles. The minimum atomic E-state index is -1.16.